The fourth-order valence-electron chi connectivity index (χ4n) is 2.42. The maximum atomic E-state index is 13.8. The highest BCUT2D eigenvalue weighted by Crippen LogP contribution is 2.31. The predicted octanol–water partition coefficient (Wildman–Crippen LogP) is 3.00. The molecule has 0 amide bonds. The van der Waals surface area contributed by atoms with E-state index in [0.29, 0.717) is 30.6 Å². The first kappa shape index (κ1) is 15.6. The Labute approximate surface area is 123 Å². The number of rotatable bonds is 6. The topological polar surface area (TPSA) is 62.3 Å². The molecule has 0 radical (unpaired) electrons. The van der Waals surface area contributed by atoms with Crippen LogP contribution >= 0.6 is 0 Å². The first-order valence-electron chi connectivity index (χ1n) is 7.08. The summed E-state index contributed by atoms with van der Waals surface area (Å²) in [5.74, 6) is 0.395. The number of nitrogens with zero attached hydrogens (tertiary/aromatic N) is 2. The zero-order valence-corrected chi connectivity index (χ0v) is 12.9. The number of imidazole rings is 1. The van der Waals surface area contributed by atoms with Crippen molar-refractivity contribution in [3.63, 3.8) is 0 Å². The fraction of sp³-hybridized carbons (Fsp3) is 0.533. The van der Waals surface area contributed by atoms with Gasteiger partial charge in [0.25, 0.3) is 0 Å². The van der Waals surface area contributed by atoms with Gasteiger partial charge in [-0.3, -0.25) is 0 Å². The molecule has 0 aliphatic carbocycles. The maximum Gasteiger partial charge on any atom is 0.201 e. The Morgan fingerprint density at radius 1 is 1.38 bits per heavy atom. The molecular formula is C15H22FN3O2. The number of methoxy groups -OCH3 is 1. The number of ether oxygens (including phenoxy) is 2. The Balaban J connectivity index is 2.57. The van der Waals surface area contributed by atoms with E-state index in [2.05, 4.69) is 18.8 Å². The number of nitrogen functional groups attached to an aromatic ring is 1. The number of aromatic nitrogens is 2. The number of benzene rings is 1. The first-order chi connectivity index (χ1) is 9.99. The van der Waals surface area contributed by atoms with Gasteiger partial charge >= 0.3 is 0 Å². The number of anilines is 1. The summed E-state index contributed by atoms with van der Waals surface area (Å²) >= 11 is 0. The molecule has 1 atom stereocenters. The maximum absolute atomic E-state index is 13.8. The Hall–Kier alpha value is -1.82. The second kappa shape index (κ2) is 6.30. The molecule has 1 aromatic heterocycles. The Morgan fingerprint density at radius 2 is 2.10 bits per heavy atom. The van der Waals surface area contributed by atoms with Crippen LogP contribution in [0.25, 0.3) is 11.0 Å². The average Bonchev–Trinajstić information content (AvgIpc) is 2.73. The van der Waals surface area contributed by atoms with Gasteiger partial charge in [-0.25, -0.2) is 9.37 Å². The SMILES string of the molecule is CCOCC(C(C)C)n1c(N)nc2cc(F)c(OC)cc21. The predicted molar refractivity (Wildman–Crippen MR) is 81.0 cm³/mol. The lowest BCUT2D eigenvalue weighted by atomic mass is 10.0. The number of hydrogen-bond donors (Lipinski definition) is 1. The minimum absolute atomic E-state index is 0.0325. The summed E-state index contributed by atoms with van der Waals surface area (Å²) in [4.78, 5) is 4.25. The van der Waals surface area contributed by atoms with Crippen molar-refractivity contribution in [2.75, 3.05) is 26.1 Å². The van der Waals surface area contributed by atoms with E-state index in [-0.39, 0.29) is 11.8 Å². The molecule has 0 fully saturated rings. The summed E-state index contributed by atoms with van der Waals surface area (Å²) in [5.41, 5.74) is 7.31. The highest BCUT2D eigenvalue weighted by Gasteiger charge is 2.22. The molecule has 0 saturated heterocycles. The second-order valence-electron chi connectivity index (χ2n) is 5.29. The standard InChI is InChI=1S/C15H22FN3O2/c1-5-21-8-13(9(2)3)19-12-7-14(20-4)10(16)6-11(12)18-15(19)17/h6-7,9,13H,5,8H2,1-4H3,(H2,17,18). The van der Waals surface area contributed by atoms with Crippen LogP contribution in [0.5, 0.6) is 5.75 Å². The third kappa shape index (κ3) is 2.95. The Bertz CT molecular complexity index is 625. The third-order valence-corrected chi connectivity index (χ3v) is 3.58. The van der Waals surface area contributed by atoms with Gasteiger partial charge in [0.05, 0.1) is 30.8 Å². The molecule has 2 aromatic rings. The molecule has 0 bridgehead atoms. The van der Waals surface area contributed by atoms with Crippen LogP contribution in [0.2, 0.25) is 0 Å². The molecule has 0 saturated carbocycles. The van der Waals surface area contributed by atoms with Gasteiger partial charge < -0.3 is 19.8 Å². The normalized spacial score (nSPS) is 13.0. The van der Waals surface area contributed by atoms with Crippen LogP contribution in [-0.4, -0.2) is 29.9 Å². The van der Waals surface area contributed by atoms with Crippen molar-refractivity contribution < 1.29 is 13.9 Å². The van der Waals surface area contributed by atoms with E-state index in [1.54, 1.807) is 6.07 Å². The molecule has 6 heteroatoms. The van der Waals surface area contributed by atoms with Gasteiger partial charge in [0.15, 0.2) is 11.6 Å². The highest BCUT2D eigenvalue weighted by atomic mass is 19.1. The van der Waals surface area contributed by atoms with E-state index in [9.17, 15) is 4.39 Å². The number of hydrogen-bond acceptors (Lipinski definition) is 4. The minimum Gasteiger partial charge on any atom is -0.494 e. The summed E-state index contributed by atoms with van der Waals surface area (Å²) < 4.78 is 26.3. The van der Waals surface area contributed by atoms with Crippen molar-refractivity contribution in [1.29, 1.82) is 0 Å². The number of fused-ring (bicyclic) bond motifs is 1. The van der Waals surface area contributed by atoms with E-state index >= 15 is 0 Å². The van der Waals surface area contributed by atoms with Gasteiger partial charge in [-0.1, -0.05) is 13.8 Å². The van der Waals surface area contributed by atoms with Crippen molar-refractivity contribution in [3.05, 3.63) is 17.9 Å². The van der Waals surface area contributed by atoms with Crippen LogP contribution in [0.3, 0.4) is 0 Å². The summed E-state index contributed by atoms with van der Waals surface area (Å²) in [6, 6.07) is 3.01. The Morgan fingerprint density at radius 3 is 2.67 bits per heavy atom. The van der Waals surface area contributed by atoms with Gasteiger partial charge in [0.1, 0.15) is 0 Å². The molecule has 1 heterocycles. The van der Waals surface area contributed by atoms with Crippen molar-refractivity contribution in [2.45, 2.75) is 26.8 Å². The summed E-state index contributed by atoms with van der Waals surface area (Å²) in [6.07, 6.45) is 0. The third-order valence-electron chi connectivity index (χ3n) is 3.58. The molecule has 2 rings (SSSR count). The van der Waals surface area contributed by atoms with Crippen LogP contribution in [0.4, 0.5) is 10.3 Å². The van der Waals surface area contributed by atoms with Crippen LogP contribution in [0, 0.1) is 11.7 Å². The lowest BCUT2D eigenvalue weighted by molar-refractivity contribution is 0.0987. The van der Waals surface area contributed by atoms with Gasteiger partial charge in [-0.05, 0) is 12.8 Å². The summed E-state index contributed by atoms with van der Waals surface area (Å²) in [7, 11) is 1.44. The van der Waals surface area contributed by atoms with E-state index < -0.39 is 5.82 Å². The Kier molecular flexibility index (Phi) is 4.67. The van der Waals surface area contributed by atoms with Gasteiger partial charge in [-0.2, -0.15) is 0 Å². The largest absolute Gasteiger partial charge is 0.494 e. The van der Waals surface area contributed by atoms with E-state index in [1.165, 1.54) is 13.2 Å². The molecule has 116 valence electrons. The average molecular weight is 295 g/mol. The monoisotopic (exact) mass is 295 g/mol. The molecule has 1 unspecified atom stereocenters. The zero-order valence-electron chi connectivity index (χ0n) is 12.9. The quantitative estimate of drug-likeness (QED) is 0.890. The van der Waals surface area contributed by atoms with E-state index in [1.807, 2.05) is 11.5 Å². The smallest absolute Gasteiger partial charge is 0.201 e. The van der Waals surface area contributed by atoms with Crippen molar-refractivity contribution >= 4 is 17.0 Å². The molecular weight excluding hydrogens is 273 g/mol. The number of halogens is 1. The summed E-state index contributed by atoms with van der Waals surface area (Å²) in [5, 5.41) is 0. The molecule has 5 nitrogen and oxygen atoms in total. The van der Waals surface area contributed by atoms with Gasteiger partial charge in [0.2, 0.25) is 5.95 Å². The van der Waals surface area contributed by atoms with Crippen LogP contribution < -0.4 is 10.5 Å². The molecule has 1 aromatic carbocycles. The highest BCUT2D eigenvalue weighted by molar-refractivity contribution is 5.80. The van der Waals surface area contributed by atoms with Gasteiger partial charge in [0, 0.05) is 18.7 Å². The number of nitrogens with two attached hydrogens (primary N) is 1. The van der Waals surface area contributed by atoms with Gasteiger partial charge in [-0.15, -0.1) is 0 Å². The molecule has 0 aliphatic rings. The molecule has 21 heavy (non-hydrogen) atoms. The van der Waals surface area contributed by atoms with Crippen LogP contribution in [-0.2, 0) is 4.74 Å². The lowest BCUT2D eigenvalue weighted by Crippen LogP contribution is -2.22. The first-order valence-corrected chi connectivity index (χ1v) is 7.08. The van der Waals surface area contributed by atoms with Crippen molar-refractivity contribution in [1.82, 2.24) is 9.55 Å². The van der Waals surface area contributed by atoms with E-state index in [0.717, 1.165) is 5.52 Å². The summed E-state index contributed by atoms with van der Waals surface area (Å²) in [6.45, 7) is 7.30. The van der Waals surface area contributed by atoms with Crippen LogP contribution in [0.1, 0.15) is 26.8 Å². The second-order valence-corrected chi connectivity index (χ2v) is 5.29. The van der Waals surface area contributed by atoms with Crippen molar-refractivity contribution in [3.8, 4) is 5.75 Å². The van der Waals surface area contributed by atoms with Crippen LogP contribution in [0.15, 0.2) is 12.1 Å². The molecule has 2 N–H and O–H groups in total. The lowest BCUT2D eigenvalue weighted by Gasteiger charge is -2.24. The van der Waals surface area contributed by atoms with E-state index in [4.69, 9.17) is 15.2 Å². The molecule has 0 spiro atoms. The van der Waals surface area contributed by atoms with Crippen molar-refractivity contribution in [2.24, 2.45) is 5.92 Å². The minimum atomic E-state index is -0.444. The molecule has 0 aliphatic heterocycles. The zero-order chi connectivity index (χ0) is 15.6. The fourth-order valence-corrected chi connectivity index (χ4v) is 2.42.